The minimum absolute atomic E-state index is 0.102. The molecule has 0 bridgehead atoms. The van der Waals surface area contributed by atoms with Gasteiger partial charge >= 0.3 is 0 Å². The zero-order chi connectivity index (χ0) is 17.7. The van der Waals surface area contributed by atoms with Crippen LogP contribution in [0.15, 0.2) is 47.4 Å². The van der Waals surface area contributed by atoms with Crippen LogP contribution in [0, 0.1) is 10.1 Å². The van der Waals surface area contributed by atoms with Gasteiger partial charge in [-0.3, -0.25) is 10.1 Å². The Kier molecular flexibility index (Phi) is 5.37. The van der Waals surface area contributed by atoms with E-state index < -0.39 is 25.5 Å². The lowest BCUT2D eigenvalue weighted by Gasteiger charge is -2.12. The standard InChI is InChI=1S/C15H16N2O6S/c1-22-12-7-8-14(23-2)11(9-12)10-16-24(20,21)15-6-4-3-5-13(15)17(18)19/h3-9,16H,10H2,1-2H3. The summed E-state index contributed by atoms with van der Waals surface area (Å²) in [7, 11) is -1.12. The van der Waals surface area contributed by atoms with E-state index in [4.69, 9.17) is 9.47 Å². The Morgan fingerprint density at radius 2 is 1.83 bits per heavy atom. The molecule has 0 spiro atoms. The van der Waals surface area contributed by atoms with Crippen molar-refractivity contribution in [2.24, 2.45) is 0 Å². The number of sulfonamides is 1. The largest absolute Gasteiger partial charge is 0.497 e. The molecule has 0 radical (unpaired) electrons. The summed E-state index contributed by atoms with van der Waals surface area (Å²) in [6, 6.07) is 10.1. The Hall–Kier alpha value is -2.65. The van der Waals surface area contributed by atoms with Crippen LogP contribution in [-0.2, 0) is 16.6 Å². The average molecular weight is 352 g/mol. The summed E-state index contributed by atoms with van der Waals surface area (Å²) < 4.78 is 37.4. The Labute approximate surface area is 139 Å². The number of nitro groups is 1. The van der Waals surface area contributed by atoms with Crippen molar-refractivity contribution in [3.8, 4) is 11.5 Å². The van der Waals surface area contributed by atoms with E-state index in [-0.39, 0.29) is 6.54 Å². The van der Waals surface area contributed by atoms with Gasteiger partial charge in [-0.2, -0.15) is 0 Å². The van der Waals surface area contributed by atoms with Crippen LogP contribution in [0.1, 0.15) is 5.56 Å². The molecule has 2 aromatic carbocycles. The van der Waals surface area contributed by atoms with Crippen molar-refractivity contribution >= 4 is 15.7 Å². The number of nitro benzene ring substituents is 1. The number of methoxy groups -OCH3 is 2. The third-order valence-electron chi connectivity index (χ3n) is 3.29. The van der Waals surface area contributed by atoms with Gasteiger partial charge in [0, 0.05) is 18.2 Å². The highest BCUT2D eigenvalue weighted by Gasteiger charge is 2.25. The topological polar surface area (TPSA) is 108 Å². The lowest BCUT2D eigenvalue weighted by Crippen LogP contribution is -2.24. The molecule has 128 valence electrons. The molecule has 0 amide bonds. The van der Waals surface area contributed by atoms with Crippen LogP contribution in [0.25, 0.3) is 0 Å². The predicted molar refractivity (Wildman–Crippen MR) is 86.7 cm³/mol. The Morgan fingerprint density at radius 3 is 2.46 bits per heavy atom. The molecule has 9 heteroatoms. The normalized spacial score (nSPS) is 11.1. The van der Waals surface area contributed by atoms with Gasteiger partial charge in [-0.15, -0.1) is 0 Å². The summed E-state index contributed by atoms with van der Waals surface area (Å²) in [4.78, 5) is 9.88. The summed E-state index contributed by atoms with van der Waals surface area (Å²) in [5.74, 6) is 1.01. The van der Waals surface area contributed by atoms with Crippen LogP contribution in [-0.4, -0.2) is 27.6 Å². The first-order valence-electron chi connectivity index (χ1n) is 6.83. The van der Waals surface area contributed by atoms with Gasteiger partial charge in [-0.25, -0.2) is 13.1 Å². The Balaban J connectivity index is 2.30. The molecule has 0 fully saturated rings. The number of ether oxygens (including phenoxy) is 2. The SMILES string of the molecule is COc1ccc(OC)c(CNS(=O)(=O)c2ccccc2[N+](=O)[O-])c1. The molecule has 0 aliphatic rings. The van der Waals surface area contributed by atoms with E-state index in [0.717, 1.165) is 6.07 Å². The molecule has 24 heavy (non-hydrogen) atoms. The lowest BCUT2D eigenvalue weighted by molar-refractivity contribution is -0.387. The van der Waals surface area contributed by atoms with E-state index in [1.807, 2.05) is 0 Å². The van der Waals surface area contributed by atoms with E-state index in [1.165, 1.54) is 32.4 Å². The first-order chi connectivity index (χ1) is 11.4. The maximum absolute atomic E-state index is 12.4. The van der Waals surface area contributed by atoms with E-state index in [1.54, 1.807) is 18.2 Å². The van der Waals surface area contributed by atoms with Crippen molar-refractivity contribution in [2.75, 3.05) is 14.2 Å². The summed E-state index contributed by atoms with van der Waals surface area (Å²) in [5, 5.41) is 11.0. The quantitative estimate of drug-likeness (QED) is 0.604. The molecular weight excluding hydrogens is 336 g/mol. The fraction of sp³-hybridized carbons (Fsp3) is 0.200. The van der Waals surface area contributed by atoms with Gasteiger partial charge in [0.2, 0.25) is 10.0 Å². The summed E-state index contributed by atoms with van der Waals surface area (Å²) >= 11 is 0. The second-order valence-corrected chi connectivity index (χ2v) is 6.46. The molecule has 2 aromatic rings. The number of benzene rings is 2. The van der Waals surface area contributed by atoms with E-state index >= 15 is 0 Å². The fourth-order valence-electron chi connectivity index (χ4n) is 2.11. The number of hydrogen-bond acceptors (Lipinski definition) is 6. The lowest BCUT2D eigenvalue weighted by atomic mass is 10.2. The molecule has 0 saturated carbocycles. The Morgan fingerprint density at radius 1 is 1.12 bits per heavy atom. The third kappa shape index (κ3) is 3.81. The Bertz CT molecular complexity index is 851. The molecule has 0 aliphatic heterocycles. The number of hydrogen-bond donors (Lipinski definition) is 1. The fourth-order valence-corrected chi connectivity index (χ4v) is 3.28. The first-order valence-corrected chi connectivity index (χ1v) is 8.31. The highest BCUT2D eigenvalue weighted by atomic mass is 32.2. The van der Waals surface area contributed by atoms with Gasteiger partial charge in [-0.1, -0.05) is 12.1 Å². The van der Waals surface area contributed by atoms with Crippen LogP contribution in [0.3, 0.4) is 0 Å². The number of nitrogens with zero attached hydrogens (tertiary/aromatic N) is 1. The van der Waals surface area contributed by atoms with Gasteiger partial charge in [0.25, 0.3) is 5.69 Å². The molecule has 2 rings (SSSR count). The van der Waals surface area contributed by atoms with Crippen molar-refractivity contribution in [3.63, 3.8) is 0 Å². The van der Waals surface area contributed by atoms with E-state index in [2.05, 4.69) is 4.72 Å². The monoisotopic (exact) mass is 352 g/mol. The zero-order valence-electron chi connectivity index (χ0n) is 13.1. The molecule has 0 aliphatic carbocycles. The molecule has 0 saturated heterocycles. The van der Waals surface area contributed by atoms with Gasteiger partial charge in [0.15, 0.2) is 4.90 Å². The van der Waals surface area contributed by atoms with Gasteiger partial charge in [0.1, 0.15) is 11.5 Å². The first kappa shape index (κ1) is 17.7. The zero-order valence-corrected chi connectivity index (χ0v) is 13.9. The average Bonchev–Trinajstić information content (AvgIpc) is 2.59. The van der Waals surface area contributed by atoms with Crippen molar-refractivity contribution < 1.29 is 22.8 Å². The van der Waals surface area contributed by atoms with Crippen LogP contribution >= 0.6 is 0 Å². The highest BCUT2D eigenvalue weighted by molar-refractivity contribution is 7.89. The predicted octanol–water partition coefficient (Wildman–Crippen LogP) is 2.09. The molecule has 1 N–H and O–H groups in total. The van der Waals surface area contributed by atoms with Crippen LogP contribution in [0.2, 0.25) is 0 Å². The molecule has 0 unspecified atom stereocenters. The molecule has 0 atom stereocenters. The molecular formula is C15H16N2O6S. The minimum atomic E-state index is -4.07. The number of nitrogens with one attached hydrogen (secondary N) is 1. The third-order valence-corrected chi connectivity index (χ3v) is 4.74. The van der Waals surface area contributed by atoms with Crippen molar-refractivity contribution in [1.29, 1.82) is 0 Å². The molecule has 0 aromatic heterocycles. The second kappa shape index (κ2) is 7.28. The van der Waals surface area contributed by atoms with Crippen molar-refractivity contribution in [2.45, 2.75) is 11.4 Å². The molecule has 0 heterocycles. The van der Waals surface area contributed by atoms with Crippen LogP contribution < -0.4 is 14.2 Å². The van der Waals surface area contributed by atoms with Gasteiger partial charge in [0.05, 0.1) is 19.1 Å². The van der Waals surface area contributed by atoms with E-state index in [9.17, 15) is 18.5 Å². The number of para-hydroxylation sites is 1. The summed E-state index contributed by atoms with van der Waals surface area (Å²) in [5.41, 5.74) is 0.0571. The van der Waals surface area contributed by atoms with E-state index in [0.29, 0.717) is 17.1 Å². The van der Waals surface area contributed by atoms with Crippen LogP contribution in [0.4, 0.5) is 5.69 Å². The van der Waals surface area contributed by atoms with Crippen LogP contribution in [0.5, 0.6) is 11.5 Å². The maximum Gasteiger partial charge on any atom is 0.289 e. The second-order valence-electron chi connectivity index (χ2n) is 4.73. The number of rotatable bonds is 7. The van der Waals surface area contributed by atoms with Crippen molar-refractivity contribution in [1.82, 2.24) is 4.72 Å². The highest BCUT2D eigenvalue weighted by Crippen LogP contribution is 2.26. The van der Waals surface area contributed by atoms with Gasteiger partial charge in [-0.05, 0) is 24.3 Å². The van der Waals surface area contributed by atoms with Gasteiger partial charge < -0.3 is 9.47 Å². The molecule has 8 nitrogen and oxygen atoms in total. The maximum atomic E-state index is 12.4. The smallest absolute Gasteiger partial charge is 0.289 e. The summed E-state index contributed by atoms with van der Waals surface area (Å²) in [6.45, 7) is -0.102. The van der Waals surface area contributed by atoms with Crippen molar-refractivity contribution in [3.05, 3.63) is 58.1 Å². The summed E-state index contributed by atoms with van der Waals surface area (Å²) in [6.07, 6.45) is 0. The minimum Gasteiger partial charge on any atom is -0.497 e.